The number of hydrogen-bond acceptors (Lipinski definition) is 6. The van der Waals surface area contributed by atoms with Crippen molar-refractivity contribution in [2.45, 2.75) is 53.6 Å². The van der Waals surface area contributed by atoms with Crippen LogP contribution >= 0.6 is 0 Å². The molecule has 0 aromatic heterocycles. The number of ether oxygens (including phenoxy) is 4. The third-order valence-corrected chi connectivity index (χ3v) is 2.83. The molecule has 0 aromatic carbocycles. The van der Waals surface area contributed by atoms with Crippen molar-refractivity contribution in [3.63, 3.8) is 0 Å². The van der Waals surface area contributed by atoms with E-state index < -0.39 is 18.4 Å². The van der Waals surface area contributed by atoms with Gasteiger partial charge in [0.15, 0.2) is 0 Å². The van der Waals surface area contributed by atoms with Crippen LogP contribution in [0.4, 0.5) is 9.59 Å². The molecule has 0 saturated carbocycles. The van der Waals surface area contributed by atoms with E-state index in [2.05, 4.69) is 0 Å². The topological polar surface area (TPSA) is 71.1 Å². The highest BCUT2D eigenvalue weighted by Gasteiger charge is 2.14. The first-order chi connectivity index (χ1) is 9.85. The van der Waals surface area contributed by atoms with Gasteiger partial charge in [0, 0.05) is 0 Å². The van der Waals surface area contributed by atoms with Crippen LogP contribution in [-0.2, 0) is 18.9 Å². The van der Waals surface area contributed by atoms with Crippen molar-refractivity contribution in [2.24, 2.45) is 11.8 Å². The van der Waals surface area contributed by atoms with Crippen molar-refractivity contribution in [2.75, 3.05) is 19.8 Å². The third kappa shape index (κ3) is 12.0. The van der Waals surface area contributed by atoms with E-state index >= 15 is 0 Å². The SMILES string of the molecule is CCC(C)COC(=O)OC(C)COC(=O)OCCC(C)C. The Hall–Kier alpha value is -1.46. The normalized spacial score (nSPS) is 13.4. The van der Waals surface area contributed by atoms with Crippen molar-refractivity contribution >= 4 is 12.3 Å². The summed E-state index contributed by atoms with van der Waals surface area (Å²) in [5.41, 5.74) is 0. The van der Waals surface area contributed by atoms with Crippen molar-refractivity contribution in [3.05, 3.63) is 0 Å². The standard InChI is InChI=1S/C15H28O6/c1-6-12(4)9-19-15(17)21-13(5)10-20-14(16)18-8-7-11(2)3/h11-13H,6-10H2,1-5H3. The van der Waals surface area contributed by atoms with Gasteiger partial charge in [0.2, 0.25) is 0 Å². The third-order valence-electron chi connectivity index (χ3n) is 2.83. The van der Waals surface area contributed by atoms with E-state index in [1.165, 1.54) is 0 Å². The van der Waals surface area contributed by atoms with Gasteiger partial charge >= 0.3 is 12.3 Å². The zero-order chi connectivity index (χ0) is 16.3. The van der Waals surface area contributed by atoms with Gasteiger partial charge < -0.3 is 18.9 Å². The molecule has 124 valence electrons. The number of carbonyl (C=O) groups is 2. The summed E-state index contributed by atoms with van der Waals surface area (Å²) in [7, 11) is 0. The Morgan fingerprint density at radius 1 is 0.905 bits per heavy atom. The highest BCUT2D eigenvalue weighted by molar-refractivity contribution is 5.61. The Labute approximate surface area is 127 Å². The van der Waals surface area contributed by atoms with Gasteiger partial charge in [-0.2, -0.15) is 0 Å². The lowest BCUT2D eigenvalue weighted by Gasteiger charge is -2.15. The van der Waals surface area contributed by atoms with E-state index in [9.17, 15) is 9.59 Å². The Kier molecular flexibility index (Phi) is 10.4. The molecule has 0 fully saturated rings. The summed E-state index contributed by atoms with van der Waals surface area (Å²) in [5, 5.41) is 0. The minimum Gasteiger partial charge on any atom is -0.434 e. The van der Waals surface area contributed by atoms with Gasteiger partial charge in [-0.05, 0) is 25.2 Å². The van der Waals surface area contributed by atoms with Crippen LogP contribution in [0.1, 0.15) is 47.5 Å². The minimum absolute atomic E-state index is 0.0566. The van der Waals surface area contributed by atoms with Crippen molar-refractivity contribution in [3.8, 4) is 0 Å². The smallest absolute Gasteiger partial charge is 0.434 e. The van der Waals surface area contributed by atoms with E-state index in [0.29, 0.717) is 25.0 Å². The lowest BCUT2D eigenvalue weighted by atomic mass is 10.1. The predicted molar refractivity (Wildman–Crippen MR) is 78.1 cm³/mol. The molecule has 0 rings (SSSR count). The van der Waals surface area contributed by atoms with Crippen LogP contribution in [0, 0.1) is 11.8 Å². The molecule has 0 bridgehead atoms. The van der Waals surface area contributed by atoms with Crippen LogP contribution in [0.2, 0.25) is 0 Å². The largest absolute Gasteiger partial charge is 0.508 e. The molecular formula is C15H28O6. The van der Waals surface area contributed by atoms with Crippen LogP contribution in [0.15, 0.2) is 0 Å². The maximum atomic E-state index is 11.3. The lowest BCUT2D eigenvalue weighted by Crippen LogP contribution is -2.24. The second-order valence-corrected chi connectivity index (χ2v) is 5.59. The van der Waals surface area contributed by atoms with Gasteiger partial charge in [0.25, 0.3) is 0 Å². The quantitative estimate of drug-likeness (QED) is 0.604. The fourth-order valence-corrected chi connectivity index (χ4v) is 1.17. The van der Waals surface area contributed by atoms with Gasteiger partial charge in [-0.25, -0.2) is 9.59 Å². The van der Waals surface area contributed by atoms with Gasteiger partial charge in [-0.3, -0.25) is 0 Å². The van der Waals surface area contributed by atoms with Crippen molar-refractivity contribution < 1.29 is 28.5 Å². The summed E-state index contributed by atoms with van der Waals surface area (Å²) in [4.78, 5) is 22.6. The molecule has 6 nitrogen and oxygen atoms in total. The summed E-state index contributed by atoms with van der Waals surface area (Å²) in [6.07, 6.45) is -0.372. The number of carbonyl (C=O) groups excluding carboxylic acids is 2. The molecule has 0 aliphatic heterocycles. The Morgan fingerprint density at radius 3 is 2.10 bits per heavy atom. The molecule has 0 N–H and O–H groups in total. The summed E-state index contributed by atoms with van der Waals surface area (Å²) < 4.78 is 19.6. The van der Waals surface area contributed by atoms with Gasteiger partial charge in [0.05, 0.1) is 13.2 Å². The van der Waals surface area contributed by atoms with E-state index in [4.69, 9.17) is 18.9 Å². The molecule has 0 spiro atoms. The first kappa shape index (κ1) is 19.5. The Bertz CT molecular complexity index is 303. The van der Waals surface area contributed by atoms with E-state index in [-0.39, 0.29) is 6.61 Å². The zero-order valence-electron chi connectivity index (χ0n) is 13.7. The molecule has 2 unspecified atom stereocenters. The summed E-state index contributed by atoms with van der Waals surface area (Å²) in [6.45, 7) is 10.3. The van der Waals surface area contributed by atoms with E-state index in [0.717, 1.165) is 12.8 Å². The lowest BCUT2D eigenvalue weighted by molar-refractivity contribution is -0.0146. The maximum absolute atomic E-state index is 11.3. The molecule has 0 amide bonds. The van der Waals surface area contributed by atoms with E-state index in [1.807, 2.05) is 27.7 Å². The van der Waals surface area contributed by atoms with E-state index in [1.54, 1.807) is 6.92 Å². The Morgan fingerprint density at radius 2 is 1.52 bits per heavy atom. The number of hydrogen-bond donors (Lipinski definition) is 0. The highest BCUT2D eigenvalue weighted by Crippen LogP contribution is 2.04. The van der Waals surface area contributed by atoms with Gasteiger partial charge in [0.1, 0.15) is 12.7 Å². The van der Waals surface area contributed by atoms with Crippen LogP contribution in [0.25, 0.3) is 0 Å². The van der Waals surface area contributed by atoms with Crippen molar-refractivity contribution in [1.29, 1.82) is 0 Å². The molecule has 0 saturated heterocycles. The molecular weight excluding hydrogens is 276 g/mol. The monoisotopic (exact) mass is 304 g/mol. The molecule has 0 radical (unpaired) electrons. The van der Waals surface area contributed by atoms with Crippen LogP contribution < -0.4 is 0 Å². The molecule has 6 heteroatoms. The van der Waals surface area contributed by atoms with Crippen LogP contribution in [-0.4, -0.2) is 38.2 Å². The fraction of sp³-hybridized carbons (Fsp3) is 0.867. The molecule has 0 aliphatic carbocycles. The molecule has 0 aliphatic rings. The zero-order valence-corrected chi connectivity index (χ0v) is 13.7. The summed E-state index contributed by atoms with van der Waals surface area (Å²) >= 11 is 0. The summed E-state index contributed by atoms with van der Waals surface area (Å²) in [5.74, 6) is 0.750. The highest BCUT2D eigenvalue weighted by atomic mass is 16.7. The molecule has 0 heterocycles. The molecule has 21 heavy (non-hydrogen) atoms. The minimum atomic E-state index is -0.751. The predicted octanol–water partition coefficient (Wildman–Crippen LogP) is 3.77. The fourth-order valence-electron chi connectivity index (χ4n) is 1.17. The van der Waals surface area contributed by atoms with Gasteiger partial charge in [-0.15, -0.1) is 0 Å². The molecule has 0 aromatic rings. The molecule has 2 atom stereocenters. The van der Waals surface area contributed by atoms with Crippen LogP contribution in [0.3, 0.4) is 0 Å². The number of rotatable bonds is 9. The maximum Gasteiger partial charge on any atom is 0.508 e. The Balaban J connectivity index is 3.71. The average Bonchev–Trinajstić information content (AvgIpc) is 2.42. The average molecular weight is 304 g/mol. The van der Waals surface area contributed by atoms with Gasteiger partial charge in [-0.1, -0.05) is 34.1 Å². The second kappa shape index (κ2) is 11.2. The second-order valence-electron chi connectivity index (χ2n) is 5.59. The van der Waals surface area contributed by atoms with Crippen molar-refractivity contribution in [1.82, 2.24) is 0 Å². The summed E-state index contributed by atoms with van der Waals surface area (Å²) in [6, 6.07) is 0. The first-order valence-electron chi connectivity index (χ1n) is 7.48. The van der Waals surface area contributed by atoms with Crippen LogP contribution in [0.5, 0.6) is 0 Å². The first-order valence-corrected chi connectivity index (χ1v) is 7.48.